The van der Waals surface area contributed by atoms with Crippen molar-refractivity contribution in [2.45, 2.75) is 34.1 Å². The van der Waals surface area contributed by atoms with Gasteiger partial charge in [-0.3, -0.25) is 0 Å². The number of hydrogen-bond donors (Lipinski definition) is 2. The highest BCUT2D eigenvalue weighted by Gasteiger charge is 2.24. The van der Waals surface area contributed by atoms with Crippen LogP contribution in [0.4, 0.5) is 5.69 Å². The predicted octanol–water partition coefficient (Wildman–Crippen LogP) is 2.88. The molecule has 0 spiro atoms. The van der Waals surface area contributed by atoms with Crippen LogP contribution in [0.25, 0.3) is 0 Å². The summed E-state index contributed by atoms with van der Waals surface area (Å²) in [4.78, 5) is 13.7. The van der Waals surface area contributed by atoms with Crippen molar-refractivity contribution in [3.8, 4) is 0 Å². The van der Waals surface area contributed by atoms with Gasteiger partial charge in [-0.15, -0.1) is 0 Å². The number of rotatable bonds is 7. The zero-order chi connectivity index (χ0) is 15.3. The van der Waals surface area contributed by atoms with Crippen LogP contribution in [0.3, 0.4) is 0 Å². The number of benzene rings is 1. The first kappa shape index (κ1) is 16.5. The minimum atomic E-state index is -0.890. The number of carboxylic acids is 1. The normalized spacial score (nSPS) is 11.8. The molecule has 0 atom stereocenters. The summed E-state index contributed by atoms with van der Waals surface area (Å²) < 4.78 is 0. The van der Waals surface area contributed by atoms with Crippen molar-refractivity contribution in [3.63, 3.8) is 0 Å². The van der Waals surface area contributed by atoms with E-state index in [9.17, 15) is 9.90 Å². The molecule has 1 rings (SSSR count). The Morgan fingerprint density at radius 1 is 1.30 bits per heavy atom. The third kappa shape index (κ3) is 4.53. The molecule has 0 aliphatic heterocycles. The van der Waals surface area contributed by atoms with Gasteiger partial charge in [-0.1, -0.05) is 27.7 Å². The standard InChI is InChI=1S/C16H26N2O2/c1-5-18(6-2)11-16(3,4)10-12-9-13(17)7-8-14(12)15(19)20/h7-9H,5-6,10-11,17H2,1-4H3,(H,19,20). The Kier molecular flexibility index (Phi) is 5.57. The Hall–Kier alpha value is -1.55. The van der Waals surface area contributed by atoms with Crippen LogP contribution in [0, 0.1) is 5.41 Å². The van der Waals surface area contributed by atoms with E-state index in [4.69, 9.17) is 5.73 Å². The van der Waals surface area contributed by atoms with Crippen LogP contribution in [-0.4, -0.2) is 35.6 Å². The number of nitrogens with two attached hydrogens (primary N) is 1. The Bertz CT molecular complexity index is 466. The second kappa shape index (κ2) is 6.75. The number of aromatic carboxylic acids is 1. The summed E-state index contributed by atoms with van der Waals surface area (Å²) in [6.45, 7) is 11.6. The summed E-state index contributed by atoms with van der Waals surface area (Å²) in [5.41, 5.74) is 7.58. The number of nitrogens with zero attached hydrogens (tertiary/aromatic N) is 1. The first-order valence-electron chi connectivity index (χ1n) is 7.13. The molecule has 0 aliphatic carbocycles. The molecule has 0 unspecified atom stereocenters. The van der Waals surface area contributed by atoms with Crippen LogP contribution >= 0.6 is 0 Å². The number of carboxylic acid groups (broad SMARTS) is 1. The molecule has 0 bridgehead atoms. The van der Waals surface area contributed by atoms with Crippen molar-refractivity contribution < 1.29 is 9.90 Å². The molecule has 20 heavy (non-hydrogen) atoms. The maximum atomic E-state index is 11.3. The maximum absolute atomic E-state index is 11.3. The molecule has 1 aromatic carbocycles. The molecule has 0 saturated carbocycles. The highest BCUT2D eigenvalue weighted by atomic mass is 16.4. The van der Waals surface area contributed by atoms with Gasteiger partial charge in [0, 0.05) is 12.2 Å². The maximum Gasteiger partial charge on any atom is 0.335 e. The lowest BCUT2D eigenvalue weighted by Crippen LogP contribution is -2.35. The lowest BCUT2D eigenvalue weighted by atomic mass is 9.83. The molecule has 0 fully saturated rings. The number of hydrogen-bond acceptors (Lipinski definition) is 3. The fraction of sp³-hybridized carbons (Fsp3) is 0.562. The van der Waals surface area contributed by atoms with E-state index in [2.05, 4.69) is 32.6 Å². The summed E-state index contributed by atoms with van der Waals surface area (Å²) in [5.74, 6) is -0.890. The average Bonchev–Trinajstić information content (AvgIpc) is 2.35. The molecule has 112 valence electrons. The molecule has 0 amide bonds. The van der Waals surface area contributed by atoms with Gasteiger partial charge in [0.25, 0.3) is 0 Å². The smallest absolute Gasteiger partial charge is 0.335 e. The van der Waals surface area contributed by atoms with Crippen molar-refractivity contribution >= 4 is 11.7 Å². The van der Waals surface area contributed by atoms with E-state index in [-0.39, 0.29) is 5.41 Å². The lowest BCUT2D eigenvalue weighted by Gasteiger charge is -2.32. The minimum Gasteiger partial charge on any atom is -0.478 e. The Labute approximate surface area is 121 Å². The monoisotopic (exact) mass is 278 g/mol. The van der Waals surface area contributed by atoms with E-state index in [1.165, 1.54) is 0 Å². The highest BCUT2D eigenvalue weighted by molar-refractivity contribution is 5.90. The third-order valence-corrected chi connectivity index (χ3v) is 3.57. The van der Waals surface area contributed by atoms with Gasteiger partial charge in [-0.05, 0) is 48.7 Å². The second-order valence-electron chi connectivity index (χ2n) is 6.02. The highest BCUT2D eigenvalue weighted by Crippen LogP contribution is 2.26. The Morgan fingerprint density at radius 2 is 1.90 bits per heavy atom. The lowest BCUT2D eigenvalue weighted by molar-refractivity contribution is 0.0695. The van der Waals surface area contributed by atoms with E-state index in [0.717, 1.165) is 25.2 Å². The van der Waals surface area contributed by atoms with E-state index >= 15 is 0 Å². The predicted molar refractivity (Wildman–Crippen MR) is 83.1 cm³/mol. The number of carbonyl (C=O) groups is 1. The molecule has 3 N–H and O–H groups in total. The van der Waals surface area contributed by atoms with Crippen molar-refractivity contribution in [1.82, 2.24) is 4.90 Å². The Morgan fingerprint density at radius 3 is 2.40 bits per heavy atom. The minimum absolute atomic E-state index is 0.00398. The second-order valence-corrected chi connectivity index (χ2v) is 6.02. The molecule has 0 radical (unpaired) electrons. The Balaban J connectivity index is 2.96. The van der Waals surface area contributed by atoms with Gasteiger partial charge in [0.1, 0.15) is 0 Å². The largest absolute Gasteiger partial charge is 0.478 e. The van der Waals surface area contributed by atoms with Gasteiger partial charge in [-0.2, -0.15) is 0 Å². The van der Waals surface area contributed by atoms with E-state index in [1.807, 2.05) is 0 Å². The number of anilines is 1. The van der Waals surface area contributed by atoms with Crippen molar-refractivity contribution in [1.29, 1.82) is 0 Å². The molecular weight excluding hydrogens is 252 g/mol. The van der Waals surface area contributed by atoms with Crippen LogP contribution in [0.1, 0.15) is 43.6 Å². The fourth-order valence-electron chi connectivity index (χ4n) is 2.59. The van der Waals surface area contributed by atoms with E-state index in [1.54, 1.807) is 18.2 Å². The van der Waals surface area contributed by atoms with Gasteiger partial charge < -0.3 is 15.7 Å². The summed E-state index contributed by atoms with van der Waals surface area (Å²) in [6.07, 6.45) is 0.705. The van der Waals surface area contributed by atoms with Crippen molar-refractivity contribution in [2.75, 3.05) is 25.4 Å². The summed E-state index contributed by atoms with van der Waals surface area (Å²) >= 11 is 0. The van der Waals surface area contributed by atoms with Crippen LogP contribution in [0.2, 0.25) is 0 Å². The van der Waals surface area contributed by atoms with Gasteiger partial charge in [0.2, 0.25) is 0 Å². The molecular formula is C16H26N2O2. The molecule has 0 saturated heterocycles. The first-order chi connectivity index (χ1) is 9.29. The number of nitrogen functional groups attached to an aromatic ring is 1. The van der Waals surface area contributed by atoms with E-state index in [0.29, 0.717) is 17.7 Å². The average molecular weight is 278 g/mol. The molecule has 0 heterocycles. The molecule has 1 aromatic rings. The van der Waals surface area contributed by atoms with Gasteiger partial charge in [0.05, 0.1) is 5.56 Å². The van der Waals surface area contributed by atoms with Crippen molar-refractivity contribution in [3.05, 3.63) is 29.3 Å². The fourth-order valence-corrected chi connectivity index (χ4v) is 2.59. The van der Waals surface area contributed by atoms with Crippen molar-refractivity contribution in [2.24, 2.45) is 5.41 Å². The molecule has 4 heteroatoms. The van der Waals surface area contributed by atoms with Crippen LogP contribution in [-0.2, 0) is 6.42 Å². The van der Waals surface area contributed by atoms with Crippen LogP contribution in [0.5, 0.6) is 0 Å². The van der Waals surface area contributed by atoms with Crippen LogP contribution in [0.15, 0.2) is 18.2 Å². The van der Waals surface area contributed by atoms with E-state index < -0.39 is 5.97 Å². The summed E-state index contributed by atoms with van der Waals surface area (Å²) in [7, 11) is 0. The van der Waals surface area contributed by atoms with Gasteiger partial charge in [-0.25, -0.2) is 4.79 Å². The van der Waals surface area contributed by atoms with Crippen LogP contribution < -0.4 is 5.73 Å². The third-order valence-electron chi connectivity index (χ3n) is 3.57. The molecule has 0 aromatic heterocycles. The molecule has 4 nitrogen and oxygen atoms in total. The zero-order valence-corrected chi connectivity index (χ0v) is 12.9. The van der Waals surface area contributed by atoms with Gasteiger partial charge in [0.15, 0.2) is 0 Å². The zero-order valence-electron chi connectivity index (χ0n) is 12.9. The summed E-state index contributed by atoms with van der Waals surface area (Å²) in [5, 5.41) is 9.28. The SMILES string of the molecule is CCN(CC)CC(C)(C)Cc1cc(N)ccc1C(=O)O. The topological polar surface area (TPSA) is 66.6 Å². The summed E-state index contributed by atoms with van der Waals surface area (Å²) in [6, 6.07) is 5.03. The first-order valence-corrected chi connectivity index (χ1v) is 7.13. The molecule has 0 aliphatic rings. The quantitative estimate of drug-likeness (QED) is 0.753. The van der Waals surface area contributed by atoms with Gasteiger partial charge >= 0.3 is 5.97 Å².